The first kappa shape index (κ1) is 17.8. The van der Waals surface area contributed by atoms with Gasteiger partial charge in [0.25, 0.3) is 0 Å². The van der Waals surface area contributed by atoms with Gasteiger partial charge in [0.15, 0.2) is 0 Å². The van der Waals surface area contributed by atoms with E-state index in [0.717, 1.165) is 15.5 Å². The third-order valence-electron chi connectivity index (χ3n) is 3.01. The molecule has 0 saturated heterocycles. The predicted molar refractivity (Wildman–Crippen MR) is 90.0 cm³/mol. The Hall–Kier alpha value is -1.58. The molecule has 0 radical (unpaired) electrons. The largest absolute Gasteiger partial charge is 0.477 e. The van der Waals surface area contributed by atoms with E-state index in [0.29, 0.717) is 6.54 Å². The van der Waals surface area contributed by atoms with Gasteiger partial charge in [0.1, 0.15) is 5.56 Å². The van der Waals surface area contributed by atoms with Crippen molar-refractivity contribution in [1.82, 2.24) is 9.97 Å². The zero-order chi connectivity index (χ0) is 17.0. The van der Waals surface area contributed by atoms with E-state index in [1.165, 1.54) is 0 Å². The van der Waals surface area contributed by atoms with E-state index in [9.17, 15) is 13.2 Å². The van der Waals surface area contributed by atoms with E-state index in [2.05, 4.69) is 32.6 Å². The summed E-state index contributed by atoms with van der Waals surface area (Å²) in [5.74, 6) is -0.278. The molecule has 0 saturated carbocycles. The lowest BCUT2D eigenvalue weighted by atomic mass is 10.3. The number of alkyl halides is 3. The van der Waals surface area contributed by atoms with Gasteiger partial charge in [-0.05, 0) is 54.6 Å². The Labute approximate surface area is 145 Å². The predicted octanol–water partition coefficient (Wildman–Crippen LogP) is 4.66. The fraction of sp³-hybridized carbons (Fsp3) is 0.333. The first-order chi connectivity index (χ1) is 10.9. The maximum atomic E-state index is 13.0. The van der Waals surface area contributed by atoms with Crippen LogP contribution in [-0.2, 0) is 6.18 Å². The van der Waals surface area contributed by atoms with Crippen molar-refractivity contribution < 1.29 is 17.9 Å². The average Bonchev–Trinajstić information content (AvgIpc) is 2.47. The van der Waals surface area contributed by atoms with Crippen LogP contribution in [0.3, 0.4) is 0 Å². The topological polar surface area (TPSA) is 38.2 Å². The quantitative estimate of drug-likeness (QED) is 0.639. The number of hydrogen-bond donors (Lipinski definition) is 0. The number of benzene rings is 1. The Morgan fingerprint density at radius 1 is 1.26 bits per heavy atom. The number of aromatic nitrogens is 2. The van der Waals surface area contributed by atoms with Crippen LogP contribution in [-0.4, -0.2) is 23.1 Å². The summed E-state index contributed by atoms with van der Waals surface area (Å²) in [6.07, 6.45) is -3.79. The van der Waals surface area contributed by atoms with Gasteiger partial charge in [0.2, 0.25) is 11.8 Å². The highest BCUT2D eigenvalue weighted by Gasteiger charge is 2.36. The van der Waals surface area contributed by atoms with E-state index >= 15 is 0 Å². The lowest BCUT2D eigenvalue weighted by molar-refractivity contribution is -0.139. The van der Waals surface area contributed by atoms with Gasteiger partial charge in [-0.3, -0.25) is 0 Å². The van der Waals surface area contributed by atoms with Crippen molar-refractivity contribution in [2.75, 3.05) is 18.1 Å². The highest BCUT2D eigenvalue weighted by Crippen LogP contribution is 2.36. The van der Waals surface area contributed by atoms with Crippen molar-refractivity contribution in [1.29, 1.82) is 0 Å². The number of anilines is 2. The Kier molecular flexibility index (Phi) is 5.66. The van der Waals surface area contributed by atoms with Crippen molar-refractivity contribution in [3.63, 3.8) is 0 Å². The third kappa shape index (κ3) is 4.24. The second-order valence-electron chi connectivity index (χ2n) is 4.54. The molecule has 0 fully saturated rings. The average molecular weight is 437 g/mol. The molecule has 8 heteroatoms. The molecule has 23 heavy (non-hydrogen) atoms. The highest BCUT2D eigenvalue weighted by molar-refractivity contribution is 14.1. The van der Waals surface area contributed by atoms with Crippen LogP contribution in [0.2, 0.25) is 0 Å². The van der Waals surface area contributed by atoms with Gasteiger partial charge in [-0.1, -0.05) is 6.07 Å². The summed E-state index contributed by atoms with van der Waals surface area (Å²) in [6.45, 7) is 4.09. The molecule has 1 aromatic carbocycles. The van der Waals surface area contributed by atoms with Crippen LogP contribution < -0.4 is 9.64 Å². The van der Waals surface area contributed by atoms with Crippen molar-refractivity contribution in [3.8, 4) is 5.88 Å². The second-order valence-corrected chi connectivity index (χ2v) is 5.79. The summed E-state index contributed by atoms with van der Waals surface area (Å²) in [4.78, 5) is 9.58. The Morgan fingerprint density at radius 2 is 2.00 bits per heavy atom. The minimum atomic E-state index is -4.55. The molecule has 1 aromatic heterocycles. The fourth-order valence-electron chi connectivity index (χ4n) is 2.01. The van der Waals surface area contributed by atoms with Gasteiger partial charge in [0, 0.05) is 22.0 Å². The number of hydrogen-bond acceptors (Lipinski definition) is 4. The normalized spacial score (nSPS) is 11.4. The maximum Gasteiger partial charge on any atom is 0.423 e. The molecule has 1 heterocycles. The first-order valence-electron chi connectivity index (χ1n) is 6.97. The van der Waals surface area contributed by atoms with Crippen molar-refractivity contribution in [2.45, 2.75) is 20.0 Å². The number of rotatable bonds is 5. The number of ether oxygens (including phenoxy) is 1. The van der Waals surface area contributed by atoms with Crippen molar-refractivity contribution in [2.24, 2.45) is 0 Å². The molecular formula is C15H15F3IN3O. The molecule has 2 aromatic rings. The molecule has 0 aliphatic rings. The fourth-order valence-corrected chi connectivity index (χ4v) is 2.54. The zero-order valence-electron chi connectivity index (χ0n) is 12.6. The molecule has 0 unspecified atom stereocenters. The second kappa shape index (κ2) is 7.33. The van der Waals surface area contributed by atoms with Gasteiger partial charge in [-0.25, -0.2) is 4.98 Å². The summed E-state index contributed by atoms with van der Waals surface area (Å²) in [6, 6.07) is 7.56. The zero-order valence-corrected chi connectivity index (χ0v) is 14.7. The van der Waals surface area contributed by atoms with Gasteiger partial charge >= 0.3 is 6.18 Å². The molecule has 0 bridgehead atoms. The van der Waals surface area contributed by atoms with Crippen LogP contribution >= 0.6 is 22.6 Å². The lowest BCUT2D eigenvalue weighted by Gasteiger charge is -2.22. The molecule has 124 valence electrons. The van der Waals surface area contributed by atoms with E-state index < -0.39 is 17.6 Å². The Morgan fingerprint density at radius 3 is 2.57 bits per heavy atom. The monoisotopic (exact) mass is 437 g/mol. The number of halogens is 4. The summed E-state index contributed by atoms with van der Waals surface area (Å²) in [5.41, 5.74) is -0.164. The first-order valence-corrected chi connectivity index (χ1v) is 8.04. The minimum Gasteiger partial charge on any atom is -0.477 e. The molecule has 0 atom stereocenters. The summed E-state index contributed by atoms with van der Waals surface area (Å²) < 4.78 is 45.0. The van der Waals surface area contributed by atoms with Crippen molar-refractivity contribution >= 4 is 34.2 Å². The van der Waals surface area contributed by atoms with Crippen LogP contribution in [0.15, 0.2) is 30.5 Å². The molecule has 4 nitrogen and oxygen atoms in total. The van der Waals surface area contributed by atoms with Crippen LogP contribution in [0.5, 0.6) is 5.88 Å². The van der Waals surface area contributed by atoms with Gasteiger partial charge in [-0.15, -0.1) is 0 Å². The van der Waals surface area contributed by atoms with Gasteiger partial charge in [0.05, 0.1) is 6.61 Å². The van der Waals surface area contributed by atoms with E-state index in [4.69, 9.17) is 4.74 Å². The van der Waals surface area contributed by atoms with Crippen molar-refractivity contribution in [3.05, 3.63) is 39.6 Å². The molecule has 0 amide bonds. The van der Waals surface area contributed by atoms with Gasteiger partial charge in [-0.2, -0.15) is 18.2 Å². The van der Waals surface area contributed by atoms with Crippen LogP contribution in [0, 0.1) is 3.57 Å². The molecule has 0 aliphatic heterocycles. The Balaban J connectivity index is 2.47. The molecule has 0 N–H and O–H groups in total. The maximum absolute atomic E-state index is 13.0. The van der Waals surface area contributed by atoms with E-state index in [1.54, 1.807) is 11.8 Å². The molecular weight excluding hydrogens is 422 g/mol. The summed E-state index contributed by atoms with van der Waals surface area (Å²) in [5, 5.41) is 0. The number of nitrogens with zero attached hydrogens (tertiary/aromatic N) is 3. The summed E-state index contributed by atoms with van der Waals surface area (Å²) >= 11 is 2.17. The molecule has 0 aliphatic carbocycles. The third-order valence-corrected chi connectivity index (χ3v) is 3.68. The molecule has 0 spiro atoms. The minimum absolute atomic E-state index is 0.0922. The summed E-state index contributed by atoms with van der Waals surface area (Å²) in [7, 11) is 0. The van der Waals surface area contributed by atoms with Crippen LogP contribution in [0.1, 0.15) is 19.4 Å². The molecule has 2 rings (SSSR count). The standard InChI is InChI=1S/C15H15F3IN3O/c1-3-22(11-7-5-6-10(19)8-11)14-20-9-12(15(16,17)18)13(21-14)23-4-2/h5-9H,3-4H2,1-2H3. The van der Waals surface area contributed by atoms with E-state index in [-0.39, 0.29) is 12.6 Å². The smallest absolute Gasteiger partial charge is 0.423 e. The lowest BCUT2D eigenvalue weighted by Crippen LogP contribution is -2.21. The Bertz CT molecular complexity index is 679. The van der Waals surface area contributed by atoms with E-state index in [1.807, 2.05) is 31.2 Å². The highest BCUT2D eigenvalue weighted by atomic mass is 127. The van der Waals surface area contributed by atoms with Gasteiger partial charge < -0.3 is 9.64 Å². The SMILES string of the molecule is CCOc1nc(N(CC)c2cccc(I)c2)ncc1C(F)(F)F. The van der Waals surface area contributed by atoms with Crippen LogP contribution in [0.4, 0.5) is 24.8 Å². The van der Waals surface area contributed by atoms with Crippen LogP contribution in [0.25, 0.3) is 0 Å².